The highest BCUT2D eigenvalue weighted by atomic mass is 35.5. The van der Waals surface area contributed by atoms with Crippen molar-refractivity contribution < 1.29 is 14.0 Å². The van der Waals surface area contributed by atoms with Crippen molar-refractivity contribution in [3.05, 3.63) is 65.0 Å². The van der Waals surface area contributed by atoms with E-state index in [4.69, 9.17) is 0 Å². The van der Waals surface area contributed by atoms with E-state index in [1.165, 1.54) is 18.2 Å². The molecular formula is C20H23ClFN3O2. The number of nitrogens with zero attached hydrogens (tertiary/aromatic N) is 1. The maximum absolute atomic E-state index is 13.8. The number of carbonyl (C=O) groups excluding carboxylic acids is 2. The normalized spacial score (nSPS) is 14.1. The Morgan fingerprint density at radius 3 is 2.67 bits per heavy atom. The van der Waals surface area contributed by atoms with Crippen molar-refractivity contribution in [2.24, 2.45) is 0 Å². The van der Waals surface area contributed by atoms with Crippen LogP contribution in [0.4, 0.5) is 10.1 Å². The molecule has 0 radical (unpaired) electrons. The summed E-state index contributed by atoms with van der Waals surface area (Å²) in [5, 5.41) is 5.98. The predicted molar refractivity (Wildman–Crippen MR) is 106 cm³/mol. The smallest absolute Gasteiger partial charge is 0.258 e. The Morgan fingerprint density at radius 1 is 1.11 bits per heavy atom. The molecule has 0 spiro atoms. The number of halogens is 2. The van der Waals surface area contributed by atoms with Gasteiger partial charge in [-0.2, -0.15) is 0 Å². The Balaban J connectivity index is 0.00000261. The largest absolute Gasteiger partial charge is 0.337 e. The van der Waals surface area contributed by atoms with E-state index in [2.05, 4.69) is 10.6 Å². The van der Waals surface area contributed by atoms with Gasteiger partial charge in [-0.1, -0.05) is 18.2 Å². The Labute approximate surface area is 164 Å². The third kappa shape index (κ3) is 5.05. The van der Waals surface area contributed by atoms with Crippen LogP contribution < -0.4 is 10.6 Å². The zero-order valence-electron chi connectivity index (χ0n) is 15.1. The van der Waals surface area contributed by atoms with Crippen molar-refractivity contribution in [2.45, 2.75) is 13.3 Å². The summed E-state index contributed by atoms with van der Waals surface area (Å²) in [4.78, 5) is 26.9. The minimum absolute atomic E-state index is 0. The molecule has 7 heteroatoms. The quantitative estimate of drug-likeness (QED) is 0.844. The molecule has 3 rings (SSSR count). The number of nitrogens with one attached hydrogen (secondary N) is 2. The number of rotatable bonds is 3. The van der Waals surface area contributed by atoms with Crippen LogP contribution in [0.1, 0.15) is 32.7 Å². The molecule has 1 fully saturated rings. The fourth-order valence-corrected chi connectivity index (χ4v) is 2.96. The third-order valence-electron chi connectivity index (χ3n) is 4.48. The van der Waals surface area contributed by atoms with Gasteiger partial charge in [-0.05, 0) is 49.7 Å². The summed E-state index contributed by atoms with van der Waals surface area (Å²) in [6, 6.07) is 11.0. The van der Waals surface area contributed by atoms with Crippen LogP contribution in [0.25, 0.3) is 0 Å². The third-order valence-corrected chi connectivity index (χ3v) is 4.48. The highest BCUT2D eigenvalue weighted by Crippen LogP contribution is 2.20. The second kappa shape index (κ2) is 9.48. The molecule has 0 bridgehead atoms. The van der Waals surface area contributed by atoms with E-state index in [1.54, 1.807) is 24.3 Å². The average Bonchev–Trinajstić information content (AvgIpc) is 2.92. The topological polar surface area (TPSA) is 61.4 Å². The molecule has 1 aliphatic heterocycles. The highest BCUT2D eigenvalue weighted by molar-refractivity contribution is 6.05. The van der Waals surface area contributed by atoms with Gasteiger partial charge >= 0.3 is 0 Å². The number of benzene rings is 2. The fraction of sp³-hybridized carbons (Fsp3) is 0.300. The summed E-state index contributed by atoms with van der Waals surface area (Å²) < 4.78 is 13.8. The minimum Gasteiger partial charge on any atom is -0.337 e. The van der Waals surface area contributed by atoms with Crippen LogP contribution in [-0.2, 0) is 0 Å². The molecule has 2 aromatic carbocycles. The van der Waals surface area contributed by atoms with Crippen molar-refractivity contribution in [3.63, 3.8) is 0 Å². The number of amides is 2. The predicted octanol–water partition coefficient (Wildman–Crippen LogP) is 3.24. The molecule has 27 heavy (non-hydrogen) atoms. The lowest BCUT2D eigenvalue weighted by Crippen LogP contribution is -2.34. The summed E-state index contributed by atoms with van der Waals surface area (Å²) in [5.74, 6) is -1.17. The first-order valence-electron chi connectivity index (χ1n) is 8.73. The first-order valence-corrected chi connectivity index (χ1v) is 8.73. The molecule has 0 aliphatic carbocycles. The molecule has 144 valence electrons. The summed E-state index contributed by atoms with van der Waals surface area (Å²) in [6.07, 6.45) is 0.911. The lowest BCUT2D eigenvalue weighted by molar-refractivity contribution is 0.0766. The highest BCUT2D eigenvalue weighted by Gasteiger charge is 2.19. The van der Waals surface area contributed by atoms with Gasteiger partial charge in [-0.3, -0.25) is 9.59 Å². The zero-order chi connectivity index (χ0) is 18.5. The summed E-state index contributed by atoms with van der Waals surface area (Å²) in [7, 11) is 0. The van der Waals surface area contributed by atoms with Crippen LogP contribution in [0, 0.1) is 12.7 Å². The molecule has 0 aromatic heterocycles. The van der Waals surface area contributed by atoms with E-state index in [1.807, 2.05) is 11.8 Å². The van der Waals surface area contributed by atoms with Gasteiger partial charge in [0.1, 0.15) is 5.82 Å². The SMILES string of the molecule is Cc1ccc(C(=O)N2CCCNCC2)cc1NC(=O)c1ccccc1F.Cl. The summed E-state index contributed by atoms with van der Waals surface area (Å²) in [6.45, 7) is 4.87. The van der Waals surface area contributed by atoms with Gasteiger partial charge in [0.15, 0.2) is 0 Å². The molecule has 1 saturated heterocycles. The maximum Gasteiger partial charge on any atom is 0.258 e. The minimum atomic E-state index is -0.577. The van der Waals surface area contributed by atoms with Crippen LogP contribution in [0.3, 0.4) is 0 Å². The Bertz CT molecular complexity index is 821. The Kier molecular flexibility index (Phi) is 7.33. The summed E-state index contributed by atoms with van der Waals surface area (Å²) in [5.41, 5.74) is 1.81. The van der Waals surface area contributed by atoms with Gasteiger partial charge in [0.05, 0.1) is 5.56 Å². The van der Waals surface area contributed by atoms with Crippen molar-refractivity contribution >= 4 is 29.9 Å². The molecule has 5 nitrogen and oxygen atoms in total. The van der Waals surface area contributed by atoms with E-state index in [-0.39, 0.29) is 23.9 Å². The Morgan fingerprint density at radius 2 is 1.89 bits per heavy atom. The van der Waals surface area contributed by atoms with E-state index in [9.17, 15) is 14.0 Å². The van der Waals surface area contributed by atoms with Crippen molar-refractivity contribution in [3.8, 4) is 0 Å². The molecule has 0 unspecified atom stereocenters. The Hall–Kier alpha value is -2.44. The van der Waals surface area contributed by atoms with Gasteiger partial charge in [0.25, 0.3) is 11.8 Å². The molecule has 0 atom stereocenters. The van der Waals surface area contributed by atoms with Crippen molar-refractivity contribution in [1.29, 1.82) is 0 Å². The number of anilines is 1. The zero-order valence-corrected chi connectivity index (χ0v) is 15.9. The second-order valence-electron chi connectivity index (χ2n) is 6.36. The van der Waals surface area contributed by atoms with E-state index >= 15 is 0 Å². The first-order chi connectivity index (χ1) is 12.6. The molecule has 2 N–H and O–H groups in total. The molecule has 2 amide bonds. The number of aryl methyl sites for hydroxylation is 1. The standard InChI is InChI=1S/C20H22FN3O2.ClH/c1-14-7-8-15(20(26)24-11-4-9-22-10-12-24)13-18(14)23-19(25)16-5-2-3-6-17(16)21;/h2-3,5-8,13,22H,4,9-12H2,1H3,(H,23,25);1H. The monoisotopic (exact) mass is 391 g/mol. The lowest BCUT2D eigenvalue weighted by atomic mass is 10.1. The molecule has 2 aromatic rings. The van der Waals surface area contributed by atoms with E-state index in [0.717, 1.165) is 25.1 Å². The van der Waals surface area contributed by atoms with E-state index < -0.39 is 11.7 Å². The summed E-state index contributed by atoms with van der Waals surface area (Å²) >= 11 is 0. The molecular weight excluding hydrogens is 369 g/mol. The molecule has 1 heterocycles. The van der Waals surface area contributed by atoms with E-state index in [0.29, 0.717) is 24.3 Å². The average molecular weight is 392 g/mol. The fourth-order valence-electron chi connectivity index (χ4n) is 2.96. The number of hydrogen-bond donors (Lipinski definition) is 2. The first kappa shape index (κ1) is 20.9. The number of hydrogen-bond acceptors (Lipinski definition) is 3. The molecule has 1 aliphatic rings. The van der Waals surface area contributed by atoms with Crippen molar-refractivity contribution in [1.82, 2.24) is 10.2 Å². The van der Waals surface area contributed by atoms with Crippen molar-refractivity contribution in [2.75, 3.05) is 31.5 Å². The lowest BCUT2D eigenvalue weighted by Gasteiger charge is -2.20. The van der Waals surface area contributed by atoms with Gasteiger partial charge in [0, 0.05) is 30.9 Å². The van der Waals surface area contributed by atoms with Crippen LogP contribution >= 0.6 is 12.4 Å². The molecule has 0 saturated carbocycles. The van der Waals surface area contributed by atoms with Crippen LogP contribution in [0.5, 0.6) is 0 Å². The van der Waals surface area contributed by atoms with Gasteiger partial charge < -0.3 is 15.5 Å². The number of carbonyl (C=O) groups is 2. The van der Waals surface area contributed by atoms with Gasteiger partial charge in [-0.25, -0.2) is 4.39 Å². The van der Waals surface area contributed by atoms with Crippen LogP contribution in [0.15, 0.2) is 42.5 Å². The van der Waals surface area contributed by atoms with Gasteiger partial charge in [0.2, 0.25) is 0 Å². The van der Waals surface area contributed by atoms with Crippen LogP contribution in [-0.4, -0.2) is 42.9 Å². The van der Waals surface area contributed by atoms with Crippen LogP contribution in [0.2, 0.25) is 0 Å². The second-order valence-corrected chi connectivity index (χ2v) is 6.36. The van der Waals surface area contributed by atoms with Gasteiger partial charge in [-0.15, -0.1) is 12.4 Å². The maximum atomic E-state index is 13.8.